The second kappa shape index (κ2) is 8.82. The molecule has 0 spiro atoms. The fourth-order valence-corrected chi connectivity index (χ4v) is 3.76. The summed E-state index contributed by atoms with van der Waals surface area (Å²) in [6, 6.07) is 20.8. The highest BCUT2D eigenvalue weighted by atomic mass is 19.1. The molecular formula is C26H22FN5O2. The number of carbonyl (C=O) groups excluding carboxylic acids is 1. The van der Waals surface area contributed by atoms with Crippen LogP contribution in [0.3, 0.4) is 0 Å². The van der Waals surface area contributed by atoms with Crippen molar-refractivity contribution in [3.63, 3.8) is 0 Å². The van der Waals surface area contributed by atoms with Crippen LogP contribution < -0.4 is 15.4 Å². The summed E-state index contributed by atoms with van der Waals surface area (Å²) >= 11 is 0. The molecule has 1 amide bonds. The van der Waals surface area contributed by atoms with Crippen LogP contribution >= 0.6 is 0 Å². The maximum absolute atomic E-state index is 13.6. The van der Waals surface area contributed by atoms with Crippen molar-refractivity contribution in [2.75, 3.05) is 17.7 Å². The summed E-state index contributed by atoms with van der Waals surface area (Å²) < 4.78 is 20.4. The van der Waals surface area contributed by atoms with Crippen molar-refractivity contribution in [3.05, 3.63) is 107 Å². The number of nitrogens with one attached hydrogen (secondary N) is 2. The van der Waals surface area contributed by atoms with Crippen LogP contribution in [-0.2, 0) is 0 Å². The zero-order valence-electron chi connectivity index (χ0n) is 18.6. The van der Waals surface area contributed by atoms with Gasteiger partial charge in [-0.3, -0.25) is 10.1 Å². The second-order valence-corrected chi connectivity index (χ2v) is 7.95. The first-order valence-electron chi connectivity index (χ1n) is 10.7. The number of fused-ring (bicyclic) bond motifs is 1. The summed E-state index contributed by atoms with van der Waals surface area (Å²) in [5.41, 5.74) is 4.28. The summed E-state index contributed by atoms with van der Waals surface area (Å²) in [7, 11) is 1.57. The Hall–Kier alpha value is -4.46. The van der Waals surface area contributed by atoms with Crippen molar-refractivity contribution in [3.8, 4) is 5.75 Å². The summed E-state index contributed by atoms with van der Waals surface area (Å²) in [5, 5.41) is 10.6. The average Bonchev–Trinajstić information content (AvgIpc) is 3.27. The van der Waals surface area contributed by atoms with E-state index in [2.05, 4.69) is 20.7 Å². The van der Waals surface area contributed by atoms with Gasteiger partial charge in [0.15, 0.2) is 0 Å². The molecule has 0 fully saturated rings. The molecule has 34 heavy (non-hydrogen) atoms. The largest absolute Gasteiger partial charge is 0.497 e. The molecule has 5 rings (SSSR count). The molecule has 4 aromatic rings. The maximum Gasteiger partial charge on any atom is 0.258 e. The number of halogens is 1. The van der Waals surface area contributed by atoms with Gasteiger partial charge >= 0.3 is 0 Å². The van der Waals surface area contributed by atoms with E-state index in [4.69, 9.17) is 4.74 Å². The van der Waals surface area contributed by atoms with E-state index in [1.54, 1.807) is 48.2 Å². The van der Waals surface area contributed by atoms with E-state index >= 15 is 0 Å². The lowest BCUT2D eigenvalue weighted by Gasteiger charge is -2.24. The monoisotopic (exact) mass is 455 g/mol. The van der Waals surface area contributed by atoms with Crippen molar-refractivity contribution in [2.45, 2.75) is 13.0 Å². The molecule has 1 aliphatic heterocycles. The van der Waals surface area contributed by atoms with Crippen LogP contribution in [-0.4, -0.2) is 27.8 Å². The molecule has 0 aliphatic carbocycles. The van der Waals surface area contributed by atoms with Crippen LogP contribution in [0.1, 0.15) is 33.1 Å². The molecule has 1 aliphatic rings. The molecule has 0 saturated heterocycles. The predicted octanol–water partition coefficient (Wildman–Crippen LogP) is 5.04. The van der Waals surface area contributed by atoms with Gasteiger partial charge in [0.05, 0.1) is 7.11 Å². The number of rotatable bonds is 5. The van der Waals surface area contributed by atoms with Crippen molar-refractivity contribution in [1.82, 2.24) is 14.8 Å². The molecule has 0 radical (unpaired) electrons. The van der Waals surface area contributed by atoms with Crippen molar-refractivity contribution in [1.29, 1.82) is 0 Å². The number of methoxy groups -OCH3 is 1. The van der Waals surface area contributed by atoms with E-state index in [0.29, 0.717) is 17.3 Å². The highest BCUT2D eigenvalue weighted by Crippen LogP contribution is 2.33. The fraction of sp³-hybridized carbons (Fsp3) is 0.115. The number of hydrogen-bond donors (Lipinski definition) is 2. The third-order valence-corrected chi connectivity index (χ3v) is 5.62. The van der Waals surface area contributed by atoms with E-state index in [-0.39, 0.29) is 23.7 Å². The van der Waals surface area contributed by atoms with Crippen molar-refractivity contribution in [2.24, 2.45) is 0 Å². The van der Waals surface area contributed by atoms with Crippen LogP contribution in [0.4, 0.5) is 16.3 Å². The van der Waals surface area contributed by atoms with Crippen molar-refractivity contribution < 1.29 is 13.9 Å². The number of nitrogens with zero attached hydrogens (tertiary/aromatic N) is 3. The Kier molecular flexibility index (Phi) is 5.55. The van der Waals surface area contributed by atoms with Gasteiger partial charge in [-0.1, -0.05) is 42.0 Å². The molecule has 2 heterocycles. The van der Waals surface area contributed by atoms with E-state index in [1.807, 2.05) is 37.3 Å². The van der Waals surface area contributed by atoms with Crippen LogP contribution in [0.15, 0.2) is 78.9 Å². The van der Waals surface area contributed by atoms with Gasteiger partial charge in [0.2, 0.25) is 5.95 Å². The van der Waals surface area contributed by atoms with Gasteiger partial charge in [0, 0.05) is 11.3 Å². The summed E-state index contributed by atoms with van der Waals surface area (Å²) in [4.78, 5) is 17.2. The Morgan fingerprint density at radius 1 is 1.03 bits per heavy atom. The number of carbonyl (C=O) groups is 1. The Morgan fingerprint density at radius 3 is 2.41 bits per heavy atom. The lowest BCUT2D eigenvalue weighted by Crippen LogP contribution is -2.20. The van der Waals surface area contributed by atoms with Gasteiger partial charge in [-0.25, -0.2) is 9.07 Å². The number of hydrogen-bond acceptors (Lipinski definition) is 5. The maximum atomic E-state index is 13.6. The first-order chi connectivity index (χ1) is 16.5. The second-order valence-electron chi connectivity index (χ2n) is 7.95. The smallest absolute Gasteiger partial charge is 0.258 e. The molecule has 3 aromatic carbocycles. The minimum absolute atomic E-state index is 0.161. The Bertz CT molecular complexity index is 1360. The SMILES string of the molecule is COc1ccc(C(=O)Nc2nc3n(n2)C(c2ccc(F)cc2)C=C(c2ccc(C)cc2)N3)cc1. The molecular weight excluding hydrogens is 433 g/mol. The molecule has 0 saturated carbocycles. The topological polar surface area (TPSA) is 81.1 Å². The minimum atomic E-state index is -0.340. The number of anilines is 2. The van der Waals surface area contributed by atoms with Gasteiger partial charge in [0.25, 0.3) is 11.9 Å². The number of amides is 1. The molecule has 8 heteroatoms. The first kappa shape index (κ1) is 21.4. The summed E-state index contributed by atoms with van der Waals surface area (Å²) in [6.07, 6.45) is 2.01. The quantitative estimate of drug-likeness (QED) is 0.441. The number of benzene rings is 3. The van der Waals surface area contributed by atoms with Gasteiger partial charge in [-0.15, -0.1) is 5.10 Å². The van der Waals surface area contributed by atoms with Crippen LogP contribution in [0.5, 0.6) is 5.75 Å². The lowest BCUT2D eigenvalue weighted by atomic mass is 10.0. The molecule has 170 valence electrons. The fourth-order valence-electron chi connectivity index (χ4n) is 3.76. The van der Waals surface area contributed by atoms with Crippen LogP contribution in [0, 0.1) is 12.7 Å². The summed E-state index contributed by atoms with van der Waals surface area (Å²) in [5.74, 6) is 0.641. The third-order valence-electron chi connectivity index (χ3n) is 5.62. The van der Waals surface area contributed by atoms with Gasteiger partial charge in [0.1, 0.15) is 17.6 Å². The number of aryl methyl sites for hydroxylation is 1. The minimum Gasteiger partial charge on any atom is -0.497 e. The van der Waals surface area contributed by atoms with E-state index in [9.17, 15) is 9.18 Å². The molecule has 1 unspecified atom stereocenters. The highest BCUT2D eigenvalue weighted by Gasteiger charge is 2.26. The predicted molar refractivity (Wildman–Crippen MR) is 128 cm³/mol. The Balaban J connectivity index is 1.48. The number of aromatic nitrogens is 3. The lowest BCUT2D eigenvalue weighted by molar-refractivity contribution is 0.102. The Labute approximate surface area is 195 Å². The van der Waals surface area contributed by atoms with E-state index in [1.165, 1.54) is 12.1 Å². The molecule has 2 N–H and O–H groups in total. The summed E-state index contributed by atoms with van der Waals surface area (Å²) in [6.45, 7) is 2.03. The van der Waals surface area contributed by atoms with Gasteiger partial charge in [-0.05, 0) is 60.5 Å². The van der Waals surface area contributed by atoms with E-state index in [0.717, 1.165) is 22.4 Å². The van der Waals surface area contributed by atoms with Crippen molar-refractivity contribution >= 4 is 23.5 Å². The standard InChI is InChI=1S/C26H22FN5O2/c1-16-3-5-17(6-4-16)22-15-23(18-7-11-20(27)12-8-18)32-26(28-22)30-25(31-32)29-24(33)19-9-13-21(34-2)14-10-19/h3-15,23H,1-2H3,(H2,28,29,30,31,33). The first-order valence-corrected chi connectivity index (χ1v) is 10.7. The zero-order valence-corrected chi connectivity index (χ0v) is 18.6. The molecule has 0 bridgehead atoms. The number of ether oxygens (including phenoxy) is 1. The van der Waals surface area contributed by atoms with Gasteiger partial charge in [-0.2, -0.15) is 4.98 Å². The third kappa shape index (κ3) is 4.25. The van der Waals surface area contributed by atoms with Crippen LogP contribution in [0.2, 0.25) is 0 Å². The van der Waals surface area contributed by atoms with Gasteiger partial charge < -0.3 is 10.1 Å². The number of allylic oxidation sites excluding steroid dienone is 1. The molecule has 1 atom stereocenters. The van der Waals surface area contributed by atoms with Crippen LogP contribution in [0.25, 0.3) is 5.70 Å². The zero-order chi connectivity index (χ0) is 23.7. The highest BCUT2D eigenvalue weighted by molar-refractivity contribution is 6.03. The molecule has 7 nitrogen and oxygen atoms in total. The Morgan fingerprint density at radius 2 is 1.74 bits per heavy atom. The molecule has 1 aromatic heterocycles. The average molecular weight is 455 g/mol. The van der Waals surface area contributed by atoms with E-state index < -0.39 is 0 Å². The normalized spacial score (nSPS) is 14.6.